The number of hydrogen-bond donors (Lipinski definition) is 2. The van der Waals surface area contributed by atoms with Crippen molar-refractivity contribution in [2.75, 3.05) is 0 Å². The van der Waals surface area contributed by atoms with Crippen molar-refractivity contribution < 1.29 is 4.42 Å². The summed E-state index contributed by atoms with van der Waals surface area (Å²) in [6.45, 7) is 0.836. The van der Waals surface area contributed by atoms with Crippen LogP contribution in [0.15, 0.2) is 16.5 Å². The average molecular weight is 320 g/mol. The van der Waals surface area contributed by atoms with Crippen LogP contribution in [0, 0.1) is 3.77 Å². The largest absolute Gasteiger partial charge is 0.454 e. The Hall–Kier alpha value is -0.0700. The van der Waals surface area contributed by atoms with E-state index in [-0.39, 0.29) is 0 Å². The molecule has 1 fully saturated rings. The van der Waals surface area contributed by atoms with Crippen molar-refractivity contribution in [3.63, 3.8) is 0 Å². The van der Waals surface area contributed by atoms with Crippen LogP contribution in [0.3, 0.4) is 0 Å². The molecule has 1 aliphatic rings. The van der Waals surface area contributed by atoms with Gasteiger partial charge in [-0.2, -0.15) is 0 Å². The zero-order chi connectivity index (χ0) is 10.7. The van der Waals surface area contributed by atoms with Gasteiger partial charge < -0.3 is 15.5 Å². The molecule has 0 radical (unpaired) electrons. The van der Waals surface area contributed by atoms with Gasteiger partial charge in [-0.25, -0.2) is 0 Å². The second kappa shape index (κ2) is 5.32. The lowest BCUT2D eigenvalue weighted by Crippen LogP contribution is -2.36. The molecule has 1 aromatic heterocycles. The van der Waals surface area contributed by atoms with E-state index in [4.69, 9.17) is 10.2 Å². The number of rotatable bonds is 3. The van der Waals surface area contributed by atoms with E-state index in [1.54, 1.807) is 0 Å². The molecule has 0 atom stereocenters. The van der Waals surface area contributed by atoms with Crippen molar-refractivity contribution in [1.29, 1.82) is 0 Å². The van der Waals surface area contributed by atoms with Crippen LogP contribution in [0.1, 0.15) is 31.4 Å². The topological polar surface area (TPSA) is 51.2 Å². The molecular formula is C11H17IN2O. The van der Waals surface area contributed by atoms with Crippen molar-refractivity contribution in [3.8, 4) is 0 Å². The van der Waals surface area contributed by atoms with Crippen molar-refractivity contribution >= 4 is 22.6 Å². The summed E-state index contributed by atoms with van der Waals surface area (Å²) in [6.07, 6.45) is 4.68. The molecule has 0 spiro atoms. The Morgan fingerprint density at radius 2 is 2.07 bits per heavy atom. The Morgan fingerprint density at radius 1 is 1.33 bits per heavy atom. The summed E-state index contributed by atoms with van der Waals surface area (Å²) in [4.78, 5) is 0. The van der Waals surface area contributed by atoms with E-state index in [0.29, 0.717) is 12.1 Å². The van der Waals surface area contributed by atoms with Crippen LogP contribution in [0.4, 0.5) is 0 Å². The van der Waals surface area contributed by atoms with Gasteiger partial charge in [0.2, 0.25) is 0 Å². The minimum Gasteiger partial charge on any atom is -0.454 e. The maximum absolute atomic E-state index is 5.86. The van der Waals surface area contributed by atoms with Gasteiger partial charge in [0.15, 0.2) is 3.77 Å². The van der Waals surface area contributed by atoms with Crippen LogP contribution in [0.2, 0.25) is 0 Å². The Bertz CT molecular complexity index is 305. The summed E-state index contributed by atoms with van der Waals surface area (Å²) in [5.74, 6) is 1.02. The summed E-state index contributed by atoms with van der Waals surface area (Å²) in [5.41, 5.74) is 5.86. The van der Waals surface area contributed by atoms with Gasteiger partial charge in [-0.05, 0) is 60.4 Å². The lowest BCUT2D eigenvalue weighted by molar-refractivity contribution is 0.330. The minimum atomic E-state index is 0.424. The molecule has 1 aromatic rings. The van der Waals surface area contributed by atoms with Crippen LogP contribution in [-0.2, 0) is 6.54 Å². The first kappa shape index (κ1) is 11.4. The zero-order valence-electron chi connectivity index (χ0n) is 8.71. The van der Waals surface area contributed by atoms with Gasteiger partial charge in [-0.1, -0.05) is 0 Å². The molecule has 0 amide bonds. The minimum absolute atomic E-state index is 0.424. The van der Waals surface area contributed by atoms with Crippen LogP contribution in [0.5, 0.6) is 0 Å². The lowest BCUT2D eigenvalue weighted by Gasteiger charge is -2.26. The van der Waals surface area contributed by atoms with Gasteiger partial charge in [0.25, 0.3) is 0 Å². The molecule has 0 bridgehead atoms. The van der Waals surface area contributed by atoms with Gasteiger partial charge in [-0.15, -0.1) is 0 Å². The summed E-state index contributed by atoms with van der Waals surface area (Å²) >= 11 is 2.19. The number of nitrogens with two attached hydrogens (primary N) is 1. The second-order valence-corrected chi connectivity index (χ2v) is 5.26. The van der Waals surface area contributed by atoms with E-state index in [1.165, 1.54) is 12.8 Å². The highest BCUT2D eigenvalue weighted by Crippen LogP contribution is 2.18. The predicted octanol–water partition coefficient (Wildman–Crippen LogP) is 2.24. The number of hydrogen-bond acceptors (Lipinski definition) is 3. The highest BCUT2D eigenvalue weighted by Gasteiger charge is 2.17. The Morgan fingerprint density at radius 3 is 2.67 bits per heavy atom. The first-order valence-electron chi connectivity index (χ1n) is 5.47. The molecule has 4 heteroatoms. The predicted molar refractivity (Wildman–Crippen MR) is 68.5 cm³/mol. The third kappa shape index (κ3) is 3.46. The SMILES string of the molecule is NC1CCC(NCc2ccc(I)o2)CC1. The maximum atomic E-state index is 5.86. The quantitative estimate of drug-likeness (QED) is 0.840. The Kier molecular flexibility index (Phi) is 4.05. The molecule has 1 heterocycles. The molecule has 3 nitrogen and oxygen atoms in total. The van der Waals surface area contributed by atoms with E-state index < -0.39 is 0 Å². The monoisotopic (exact) mass is 320 g/mol. The second-order valence-electron chi connectivity index (χ2n) is 4.20. The molecule has 15 heavy (non-hydrogen) atoms. The summed E-state index contributed by atoms with van der Waals surface area (Å²) < 4.78 is 6.45. The summed E-state index contributed by atoms with van der Waals surface area (Å²) in [5, 5.41) is 3.52. The molecule has 1 aliphatic carbocycles. The fourth-order valence-electron chi connectivity index (χ4n) is 2.02. The Balaban J connectivity index is 1.74. The maximum Gasteiger partial charge on any atom is 0.164 e. The fourth-order valence-corrected chi connectivity index (χ4v) is 2.48. The first-order chi connectivity index (χ1) is 7.24. The van der Waals surface area contributed by atoms with Crippen LogP contribution < -0.4 is 11.1 Å². The molecule has 0 unspecified atom stereocenters. The van der Waals surface area contributed by atoms with Gasteiger partial charge in [0.1, 0.15) is 5.76 Å². The van der Waals surface area contributed by atoms with Crippen molar-refractivity contribution in [2.24, 2.45) is 5.73 Å². The fraction of sp³-hybridized carbons (Fsp3) is 0.636. The molecule has 3 N–H and O–H groups in total. The van der Waals surface area contributed by atoms with Crippen molar-refractivity contribution in [1.82, 2.24) is 5.32 Å². The first-order valence-corrected chi connectivity index (χ1v) is 6.55. The normalized spacial score (nSPS) is 26.8. The standard InChI is InChI=1S/C11H17IN2O/c12-11-6-5-10(15-11)7-14-9-3-1-8(13)2-4-9/h5-6,8-9,14H,1-4,7,13H2. The molecule has 84 valence electrons. The molecule has 0 aliphatic heterocycles. The van der Waals surface area contributed by atoms with Gasteiger partial charge in [0, 0.05) is 12.1 Å². The zero-order valence-corrected chi connectivity index (χ0v) is 10.9. The molecule has 1 saturated carbocycles. The smallest absolute Gasteiger partial charge is 0.164 e. The van der Waals surface area contributed by atoms with E-state index in [9.17, 15) is 0 Å². The lowest BCUT2D eigenvalue weighted by atomic mass is 9.92. The van der Waals surface area contributed by atoms with E-state index in [2.05, 4.69) is 27.9 Å². The van der Waals surface area contributed by atoms with E-state index >= 15 is 0 Å². The molecular weight excluding hydrogens is 303 g/mol. The summed E-state index contributed by atoms with van der Waals surface area (Å²) in [6, 6.07) is 5.07. The third-order valence-corrected chi connectivity index (χ3v) is 3.55. The Labute approximate surface area is 104 Å². The van der Waals surface area contributed by atoms with Crippen LogP contribution in [0.25, 0.3) is 0 Å². The number of furan rings is 1. The number of nitrogens with one attached hydrogen (secondary N) is 1. The molecule has 0 saturated heterocycles. The van der Waals surface area contributed by atoms with Gasteiger partial charge in [-0.3, -0.25) is 0 Å². The van der Waals surface area contributed by atoms with Crippen LogP contribution in [-0.4, -0.2) is 12.1 Å². The average Bonchev–Trinajstić information content (AvgIpc) is 2.64. The molecule has 2 rings (SSSR count). The number of halogens is 1. The van der Waals surface area contributed by atoms with Gasteiger partial charge in [0.05, 0.1) is 6.54 Å². The highest BCUT2D eigenvalue weighted by molar-refractivity contribution is 14.1. The van der Waals surface area contributed by atoms with Crippen molar-refractivity contribution in [2.45, 2.75) is 44.3 Å². The van der Waals surface area contributed by atoms with Gasteiger partial charge >= 0.3 is 0 Å². The van der Waals surface area contributed by atoms with E-state index in [1.807, 2.05) is 12.1 Å². The summed E-state index contributed by atoms with van der Waals surface area (Å²) in [7, 11) is 0. The highest BCUT2D eigenvalue weighted by atomic mass is 127. The van der Waals surface area contributed by atoms with E-state index in [0.717, 1.165) is 28.9 Å². The van der Waals surface area contributed by atoms with Crippen molar-refractivity contribution in [3.05, 3.63) is 21.7 Å². The third-order valence-electron chi connectivity index (χ3n) is 2.97. The molecule has 0 aromatic carbocycles. The van der Waals surface area contributed by atoms with Crippen LogP contribution >= 0.6 is 22.6 Å².